The van der Waals surface area contributed by atoms with Crippen LogP contribution < -0.4 is 14.8 Å². The second kappa shape index (κ2) is 7.40. The number of imide groups is 1. The van der Waals surface area contributed by atoms with Crippen molar-refractivity contribution >= 4 is 34.7 Å². The first-order chi connectivity index (χ1) is 13.6. The van der Waals surface area contributed by atoms with Crippen LogP contribution >= 0.6 is 11.6 Å². The van der Waals surface area contributed by atoms with Crippen molar-refractivity contribution in [2.75, 3.05) is 25.1 Å². The Morgan fingerprint density at radius 3 is 2.46 bits per heavy atom. The molecule has 2 heterocycles. The number of amides is 2. The lowest BCUT2D eigenvalue weighted by molar-refractivity contribution is -0.136. The fraction of sp³-hybridized carbons (Fsp3) is 0.143. The molecule has 0 aromatic heterocycles. The van der Waals surface area contributed by atoms with E-state index in [1.165, 1.54) is 6.08 Å². The van der Waals surface area contributed by atoms with Crippen molar-refractivity contribution in [1.82, 2.24) is 4.90 Å². The Bertz CT molecular complexity index is 998. The third-order valence-corrected chi connectivity index (χ3v) is 4.68. The smallest absolute Gasteiger partial charge is 0.278 e. The van der Waals surface area contributed by atoms with E-state index in [1.54, 1.807) is 42.5 Å². The maximum absolute atomic E-state index is 12.9. The van der Waals surface area contributed by atoms with Gasteiger partial charge in [-0.25, -0.2) is 0 Å². The molecule has 2 aromatic rings. The van der Waals surface area contributed by atoms with Gasteiger partial charge in [0.2, 0.25) is 0 Å². The Morgan fingerprint density at radius 2 is 1.75 bits per heavy atom. The second-order valence-corrected chi connectivity index (χ2v) is 6.69. The summed E-state index contributed by atoms with van der Waals surface area (Å²) in [5.74, 6) is 0.437. The lowest BCUT2D eigenvalue weighted by atomic mass is 10.0. The van der Waals surface area contributed by atoms with Crippen LogP contribution in [0.5, 0.6) is 11.5 Å². The molecule has 0 bridgehead atoms. The number of carbonyl (C=O) groups excluding carboxylic acids is 2. The van der Waals surface area contributed by atoms with Gasteiger partial charge in [-0.1, -0.05) is 29.8 Å². The van der Waals surface area contributed by atoms with Crippen LogP contribution in [0.2, 0.25) is 5.02 Å². The molecular formula is C21H17ClN2O4. The zero-order valence-electron chi connectivity index (χ0n) is 14.9. The highest BCUT2D eigenvalue weighted by Crippen LogP contribution is 2.35. The minimum atomic E-state index is -0.412. The lowest BCUT2D eigenvalue weighted by Gasteiger charge is -2.19. The predicted octanol–water partition coefficient (Wildman–Crippen LogP) is 3.49. The van der Waals surface area contributed by atoms with Gasteiger partial charge in [0, 0.05) is 23.3 Å². The molecule has 0 unspecified atom stereocenters. The monoisotopic (exact) mass is 396 g/mol. The average molecular weight is 397 g/mol. The minimum absolute atomic E-state index is 0.126. The van der Waals surface area contributed by atoms with Crippen LogP contribution in [0.15, 0.2) is 60.8 Å². The van der Waals surface area contributed by atoms with Gasteiger partial charge in [0.15, 0.2) is 11.5 Å². The zero-order chi connectivity index (χ0) is 19.7. The largest absolute Gasteiger partial charge is 0.486 e. The molecule has 0 atom stereocenters. The van der Waals surface area contributed by atoms with E-state index in [0.717, 1.165) is 4.90 Å². The molecule has 0 radical (unpaired) electrons. The normalized spacial score (nSPS) is 15.8. The van der Waals surface area contributed by atoms with Gasteiger partial charge >= 0.3 is 0 Å². The summed E-state index contributed by atoms with van der Waals surface area (Å²) in [6.07, 6.45) is 1.52. The number of hydrogen-bond acceptors (Lipinski definition) is 5. The van der Waals surface area contributed by atoms with E-state index in [9.17, 15) is 9.59 Å². The van der Waals surface area contributed by atoms with Crippen LogP contribution in [0, 0.1) is 0 Å². The predicted molar refractivity (Wildman–Crippen MR) is 106 cm³/mol. The fourth-order valence-corrected chi connectivity index (χ4v) is 3.26. The number of anilines is 1. The van der Waals surface area contributed by atoms with Gasteiger partial charge in [0.25, 0.3) is 11.8 Å². The highest BCUT2D eigenvalue weighted by atomic mass is 35.5. The van der Waals surface area contributed by atoms with Crippen LogP contribution in [0.4, 0.5) is 5.69 Å². The van der Waals surface area contributed by atoms with E-state index >= 15 is 0 Å². The van der Waals surface area contributed by atoms with Crippen molar-refractivity contribution in [3.63, 3.8) is 0 Å². The van der Waals surface area contributed by atoms with Gasteiger partial charge in [0.05, 0.1) is 5.57 Å². The molecule has 2 aliphatic rings. The number of halogens is 1. The quantitative estimate of drug-likeness (QED) is 0.619. The first kappa shape index (κ1) is 18.1. The van der Waals surface area contributed by atoms with E-state index in [0.29, 0.717) is 46.6 Å². The molecule has 2 amide bonds. The molecule has 0 spiro atoms. The standard InChI is InChI=1S/C21H17ClN2O4/c1-2-9-24-20(25)18(13-3-5-14(22)6-4-13)19(21(24)26)23-15-7-8-16-17(12-15)28-11-10-27-16/h2-8,12,23H,1,9-11H2. The van der Waals surface area contributed by atoms with Gasteiger partial charge < -0.3 is 14.8 Å². The molecule has 28 heavy (non-hydrogen) atoms. The van der Waals surface area contributed by atoms with Crippen molar-refractivity contribution in [3.8, 4) is 11.5 Å². The van der Waals surface area contributed by atoms with E-state index in [4.69, 9.17) is 21.1 Å². The molecule has 2 aliphatic heterocycles. The molecule has 0 saturated heterocycles. The molecule has 4 rings (SSSR count). The Balaban J connectivity index is 1.75. The van der Waals surface area contributed by atoms with E-state index < -0.39 is 5.91 Å². The Hall–Kier alpha value is -3.25. The summed E-state index contributed by atoms with van der Waals surface area (Å²) in [5.41, 5.74) is 1.71. The van der Waals surface area contributed by atoms with E-state index in [-0.39, 0.29) is 18.1 Å². The van der Waals surface area contributed by atoms with Gasteiger partial charge in [0.1, 0.15) is 18.9 Å². The number of hydrogen-bond donors (Lipinski definition) is 1. The van der Waals surface area contributed by atoms with Crippen LogP contribution in [0.3, 0.4) is 0 Å². The van der Waals surface area contributed by atoms with Crippen LogP contribution in [-0.4, -0.2) is 36.5 Å². The highest BCUT2D eigenvalue weighted by molar-refractivity contribution is 6.37. The third-order valence-electron chi connectivity index (χ3n) is 4.42. The molecule has 0 fully saturated rings. The summed E-state index contributed by atoms with van der Waals surface area (Å²) in [6, 6.07) is 12.1. The van der Waals surface area contributed by atoms with E-state index in [1.807, 2.05) is 0 Å². The third kappa shape index (κ3) is 3.23. The van der Waals surface area contributed by atoms with Gasteiger partial charge in [-0.2, -0.15) is 0 Å². The van der Waals surface area contributed by atoms with Gasteiger partial charge in [-0.3, -0.25) is 14.5 Å². The molecule has 142 valence electrons. The lowest BCUT2D eigenvalue weighted by Crippen LogP contribution is -2.32. The molecular weight excluding hydrogens is 380 g/mol. The summed E-state index contributed by atoms with van der Waals surface area (Å²) in [6.45, 7) is 4.71. The number of benzene rings is 2. The number of nitrogens with zero attached hydrogens (tertiary/aromatic N) is 1. The van der Waals surface area contributed by atoms with Crippen LogP contribution in [-0.2, 0) is 9.59 Å². The van der Waals surface area contributed by atoms with Crippen molar-refractivity contribution < 1.29 is 19.1 Å². The van der Waals surface area contributed by atoms with Crippen molar-refractivity contribution in [1.29, 1.82) is 0 Å². The van der Waals surface area contributed by atoms with Gasteiger partial charge in [-0.15, -0.1) is 6.58 Å². The van der Waals surface area contributed by atoms with E-state index in [2.05, 4.69) is 11.9 Å². The maximum atomic E-state index is 12.9. The fourth-order valence-electron chi connectivity index (χ4n) is 3.14. The molecule has 6 nitrogen and oxygen atoms in total. The second-order valence-electron chi connectivity index (χ2n) is 6.25. The van der Waals surface area contributed by atoms with Gasteiger partial charge in [-0.05, 0) is 29.8 Å². The summed E-state index contributed by atoms with van der Waals surface area (Å²) >= 11 is 5.96. The highest BCUT2D eigenvalue weighted by Gasteiger charge is 2.38. The summed E-state index contributed by atoms with van der Waals surface area (Å²) in [5, 5.41) is 3.63. The molecule has 2 aromatic carbocycles. The van der Waals surface area contributed by atoms with Crippen molar-refractivity contribution in [2.45, 2.75) is 0 Å². The first-order valence-electron chi connectivity index (χ1n) is 8.72. The number of rotatable bonds is 5. The first-order valence-corrected chi connectivity index (χ1v) is 9.10. The number of ether oxygens (including phenoxy) is 2. The molecule has 0 saturated carbocycles. The topological polar surface area (TPSA) is 67.9 Å². The van der Waals surface area contributed by atoms with Crippen molar-refractivity contribution in [2.24, 2.45) is 0 Å². The summed E-state index contributed by atoms with van der Waals surface area (Å²) in [4.78, 5) is 27.0. The summed E-state index contributed by atoms with van der Waals surface area (Å²) in [7, 11) is 0. The number of fused-ring (bicyclic) bond motifs is 1. The Morgan fingerprint density at radius 1 is 1.04 bits per heavy atom. The SMILES string of the molecule is C=CCN1C(=O)C(Nc2ccc3c(c2)OCCO3)=C(c2ccc(Cl)cc2)C1=O. The van der Waals surface area contributed by atoms with Crippen LogP contribution in [0.1, 0.15) is 5.56 Å². The zero-order valence-corrected chi connectivity index (χ0v) is 15.7. The maximum Gasteiger partial charge on any atom is 0.278 e. The minimum Gasteiger partial charge on any atom is -0.486 e. The molecule has 1 N–H and O–H groups in total. The van der Waals surface area contributed by atoms with Crippen molar-refractivity contribution in [3.05, 3.63) is 71.4 Å². The number of carbonyl (C=O) groups is 2. The summed E-state index contributed by atoms with van der Waals surface area (Å²) < 4.78 is 11.1. The Kier molecular flexibility index (Phi) is 4.79. The Labute approximate surface area is 167 Å². The average Bonchev–Trinajstić information content (AvgIpc) is 2.93. The molecule has 7 heteroatoms. The number of nitrogens with one attached hydrogen (secondary N) is 1. The molecule has 0 aliphatic carbocycles. The van der Waals surface area contributed by atoms with Crippen LogP contribution in [0.25, 0.3) is 5.57 Å².